The fraction of sp³-hybridized carbons (Fsp3) is 0.429. The van der Waals surface area contributed by atoms with Crippen molar-refractivity contribution in [2.75, 3.05) is 23.7 Å². The fourth-order valence-corrected chi connectivity index (χ4v) is 2.58. The van der Waals surface area contributed by atoms with E-state index in [-0.39, 0.29) is 0 Å². The molecule has 19 heavy (non-hydrogen) atoms. The Morgan fingerprint density at radius 1 is 1.21 bits per heavy atom. The van der Waals surface area contributed by atoms with Crippen molar-refractivity contribution in [3.63, 3.8) is 0 Å². The van der Waals surface area contributed by atoms with Crippen molar-refractivity contribution in [1.29, 1.82) is 0 Å². The molecule has 3 rings (SSSR count). The van der Waals surface area contributed by atoms with Crippen LogP contribution in [-0.2, 0) is 7.05 Å². The summed E-state index contributed by atoms with van der Waals surface area (Å²) < 4.78 is 1.86. The van der Waals surface area contributed by atoms with Gasteiger partial charge in [0, 0.05) is 43.1 Å². The molecule has 2 aromatic heterocycles. The molecular formula is C14H19N5. The molecule has 0 atom stereocenters. The van der Waals surface area contributed by atoms with Gasteiger partial charge in [0.15, 0.2) is 0 Å². The maximum absolute atomic E-state index is 5.96. The number of nitrogens with two attached hydrogens (primary N) is 1. The van der Waals surface area contributed by atoms with Gasteiger partial charge in [0.1, 0.15) is 5.82 Å². The highest BCUT2D eigenvalue weighted by Gasteiger charge is 2.16. The average Bonchev–Trinajstić information content (AvgIpc) is 3.01. The molecule has 1 aliphatic rings. The number of rotatable bonds is 2. The van der Waals surface area contributed by atoms with Crippen LogP contribution in [0, 0.1) is 6.92 Å². The molecule has 100 valence electrons. The minimum atomic E-state index is 0.572. The van der Waals surface area contributed by atoms with Gasteiger partial charge in [-0.1, -0.05) is 0 Å². The van der Waals surface area contributed by atoms with Crippen molar-refractivity contribution < 1.29 is 0 Å². The van der Waals surface area contributed by atoms with Gasteiger partial charge in [-0.2, -0.15) is 5.10 Å². The topological polar surface area (TPSA) is 60.0 Å². The Balaban J connectivity index is 2.04. The number of aryl methyl sites for hydroxylation is 1. The molecule has 1 aliphatic heterocycles. The van der Waals surface area contributed by atoms with Gasteiger partial charge in [0.25, 0.3) is 0 Å². The van der Waals surface area contributed by atoms with Crippen LogP contribution in [0.25, 0.3) is 11.3 Å². The Morgan fingerprint density at radius 2 is 1.95 bits per heavy atom. The van der Waals surface area contributed by atoms with E-state index in [0.717, 1.165) is 30.0 Å². The number of aromatic nitrogens is 3. The van der Waals surface area contributed by atoms with Crippen LogP contribution >= 0.6 is 0 Å². The zero-order valence-electron chi connectivity index (χ0n) is 11.4. The largest absolute Gasteiger partial charge is 0.384 e. The Morgan fingerprint density at radius 3 is 2.58 bits per heavy atom. The number of pyridine rings is 1. The molecule has 0 unspecified atom stereocenters. The Kier molecular flexibility index (Phi) is 2.89. The predicted octanol–water partition coefficient (Wildman–Crippen LogP) is 1.97. The predicted molar refractivity (Wildman–Crippen MR) is 77.0 cm³/mol. The zero-order valence-corrected chi connectivity index (χ0v) is 11.4. The summed E-state index contributed by atoms with van der Waals surface area (Å²) in [6.45, 7) is 4.26. The lowest BCUT2D eigenvalue weighted by molar-refractivity contribution is 0.740. The van der Waals surface area contributed by atoms with Gasteiger partial charge in [-0.05, 0) is 25.8 Å². The van der Waals surface area contributed by atoms with E-state index in [2.05, 4.69) is 21.0 Å². The summed E-state index contributed by atoms with van der Waals surface area (Å²) in [5.74, 6) is 0.572. The molecule has 0 radical (unpaired) electrons. The second kappa shape index (κ2) is 4.57. The van der Waals surface area contributed by atoms with Crippen LogP contribution in [0.15, 0.2) is 18.3 Å². The van der Waals surface area contributed by atoms with Crippen LogP contribution in [0.2, 0.25) is 0 Å². The van der Waals surface area contributed by atoms with E-state index < -0.39 is 0 Å². The molecule has 0 spiro atoms. The van der Waals surface area contributed by atoms with Gasteiger partial charge in [-0.25, -0.2) is 4.98 Å². The standard InChI is InChI=1S/C14H19N5/c1-10-12(9-16-18(10)2)13-7-11(8-14(15)17-13)19-5-3-4-6-19/h7-9H,3-6H2,1-2H3,(H2,15,17). The molecule has 0 saturated carbocycles. The van der Waals surface area contributed by atoms with E-state index in [1.165, 1.54) is 18.5 Å². The van der Waals surface area contributed by atoms with Gasteiger partial charge in [-0.15, -0.1) is 0 Å². The molecule has 5 nitrogen and oxygen atoms in total. The molecule has 3 heterocycles. The fourth-order valence-electron chi connectivity index (χ4n) is 2.58. The quantitative estimate of drug-likeness (QED) is 0.893. The van der Waals surface area contributed by atoms with Gasteiger partial charge < -0.3 is 10.6 Å². The van der Waals surface area contributed by atoms with E-state index in [4.69, 9.17) is 5.73 Å². The highest BCUT2D eigenvalue weighted by atomic mass is 15.3. The van der Waals surface area contributed by atoms with E-state index in [1.807, 2.05) is 30.9 Å². The molecule has 0 amide bonds. The Labute approximate surface area is 113 Å². The summed E-state index contributed by atoms with van der Waals surface area (Å²) >= 11 is 0. The van der Waals surface area contributed by atoms with Crippen LogP contribution in [0.4, 0.5) is 11.5 Å². The molecule has 0 bridgehead atoms. The van der Waals surface area contributed by atoms with E-state index in [9.17, 15) is 0 Å². The third kappa shape index (κ3) is 2.16. The molecule has 5 heteroatoms. The number of nitrogens with zero attached hydrogens (tertiary/aromatic N) is 4. The minimum absolute atomic E-state index is 0.572. The van der Waals surface area contributed by atoms with Gasteiger partial charge in [0.2, 0.25) is 0 Å². The molecule has 1 saturated heterocycles. The Bertz CT molecular complexity index is 596. The van der Waals surface area contributed by atoms with Crippen molar-refractivity contribution in [2.45, 2.75) is 19.8 Å². The van der Waals surface area contributed by atoms with E-state index in [1.54, 1.807) is 0 Å². The first-order valence-corrected chi connectivity index (χ1v) is 6.66. The lowest BCUT2D eigenvalue weighted by atomic mass is 10.1. The van der Waals surface area contributed by atoms with Gasteiger partial charge in [-0.3, -0.25) is 4.68 Å². The number of anilines is 2. The first-order valence-electron chi connectivity index (χ1n) is 6.66. The van der Waals surface area contributed by atoms with Crippen LogP contribution in [0.1, 0.15) is 18.5 Å². The molecule has 2 aromatic rings. The third-order valence-electron chi connectivity index (χ3n) is 3.81. The molecule has 0 aromatic carbocycles. The highest BCUT2D eigenvalue weighted by Crippen LogP contribution is 2.28. The minimum Gasteiger partial charge on any atom is -0.384 e. The highest BCUT2D eigenvalue weighted by molar-refractivity contribution is 5.69. The number of nitrogen functional groups attached to an aromatic ring is 1. The summed E-state index contributed by atoms with van der Waals surface area (Å²) in [5.41, 5.74) is 10.2. The van der Waals surface area contributed by atoms with E-state index >= 15 is 0 Å². The summed E-state index contributed by atoms with van der Waals surface area (Å²) in [6.07, 6.45) is 4.36. The first kappa shape index (κ1) is 12.0. The van der Waals surface area contributed by atoms with Crippen molar-refractivity contribution in [2.24, 2.45) is 7.05 Å². The van der Waals surface area contributed by atoms with Crippen molar-refractivity contribution in [3.8, 4) is 11.3 Å². The van der Waals surface area contributed by atoms with Gasteiger partial charge in [0.05, 0.1) is 11.9 Å². The van der Waals surface area contributed by atoms with Crippen LogP contribution in [0.5, 0.6) is 0 Å². The first-order chi connectivity index (χ1) is 9.15. The monoisotopic (exact) mass is 257 g/mol. The second-order valence-corrected chi connectivity index (χ2v) is 5.10. The molecular weight excluding hydrogens is 238 g/mol. The lowest BCUT2D eigenvalue weighted by Crippen LogP contribution is -2.18. The van der Waals surface area contributed by atoms with Crippen molar-refractivity contribution >= 4 is 11.5 Å². The maximum Gasteiger partial charge on any atom is 0.126 e. The third-order valence-corrected chi connectivity index (χ3v) is 3.81. The molecule has 2 N–H and O–H groups in total. The summed E-state index contributed by atoms with van der Waals surface area (Å²) in [4.78, 5) is 6.82. The van der Waals surface area contributed by atoms with Crippen LogP contribution < -0.4 is 10.6 Å². The van der Waals surface area contributed by atoms with Gasteiger partial charge >= 0.3 is 0 Å². The Hall–Kier alpha value is -2.04. The number of hydrogen-bond acceptors (Lipinski definition) is 4. The summed E-state index contributed by atoms with van der Waals surface area (Å²) in [6, 6.07) is 4.08. The molecule has 0 aliphatic carbocycles. The SMILES string of the molecule is Cc1c(-c2cc(N3CCCC3)cc(N)n2)cnn1C. The summed E-state index contributed by atoms with van der Waals surface area (Å²) in [7, 11) is 1.94. The van der Waals surface area contributed by atoms with Crippen molar-refractivity contribution in [3.05, 3.63) is 24.0 Å². The normalized spacial score (nSPS) is 15.2. The average molecular weight is 257 g/mol. The number of hydrogen-bond donors (Lipinski definition) is 1. The smallest absolute Gasteiger partial charge is 0.126 e. The summed E-state index contributed by atoms with van der Waals surface area (Å²) in [5, 5.41) is 4.27. The van der Waals surface area contributed by atoms with Crippen LogP contribution in [-0.4, -0.2) is 27.9 Å². The lowest BCUT2D eigenvalue weighted by Gasteiger charge is -2.18. The van der Waals surface area contributed by atoms with E-state index in [0.29, 0.717) is 5.82 Å². The molecule has 1 fully saturated rings. The van der Waals surface area contributed by atoms with Crippen molar-refractivity contribution in [1.82, 2.24) is 14.8 Å². The zero-order chi connectivity index (χ0) is 13.4. The maximum atomic E-state index is 5.96. The second-order valence-electron chi connectivity index (χ2n) is 5.10. The van der Waals surface area contributed by atoms with Crippen LogP contribution in [0.3, 0.4) is 0 Å².